The molecule has 0 aliphatic carbocycles. The number of aromatic nitrogens is 1. The second-order valence-electron chi connectivity index (χ2n) is 5.99. The summed E-state index contributed by atoms with van der Waals surface area (Å²) in [6.45, 7) is 7.11. The highest BCUT2D eigenvalue weighted by Crippen LogP contribution is 2.23. The quantitative estimate of drug-likeness (QED) is 0.897. The van der Waals surface area contributed by atoms with Crippen LogP contribution in [0.2, 0.25) is 5.02 Å². The summed E-state index contributed by atoms with van der Waals surface area (Å²) in [5.41, 5.74) is 1.15. The Morgan fingerprint density at radius 2 is 1.90 bits per heavy atom. The third-order valence-electron chi connectivity index (χ3n) is 2.95. The Kier molecular flexibility index (Phi) is 5.21. The minimum atomic E-state index is -0.0920. The molecule has 0 bridgehead atoms. The van der Waals surface area contributed by atoms with E-state index in [2.05, 4.69) is 43.2 Å². The number of pyridine rings is 1. The average Bonchev–Trinajstić information content (AvgIpc) is 2.43. The van der Waals surface area contributed by atoms with Crippen LogP contribution in [0.4, 0.5) is 0 Å². The number of nitrogens with one attached hydrogen (secondary N) is 1. The van der Waals surface area contributed by atoms with Crippen molar-refractivity contribution in [3.05, 3.63) is 59.4 Å². The maximum Gasteiger partial charge on any atom is 0.140 e. The second-order valence-corrected chi connectivity index (χ2v) is 6.42. The molecule has 1 heterocycles. The molecule has 2 rings (SSSR count). The van der Waals surface area contributed by atoms with Crippen LogP contribution in [0.15, 0.2) is 48.8 Å². The van der Waals surface area contributed by atoms with Crippen LogP contribution in [0.5, 0.6) is 5.75 Å². The number of ether oxygens (including phenoxy) is 1. The summed E-state index contributed by atoms with van der Waals surface area (Å²) >= 11 is 5.97. The first kappa shape index (κ1) is 15.8. The molecule has 4 heteroatoms. The predicted molar refractivity (Wildman–Crippen MR) is 86.8 cm³/mol. The van der Waals surface area contributed by atoms with Gasteiger partial charge in [-0.05, 0) is 26.3 Å². The van der Waals surface area contributed by atoms with Gasteiger partial charge in [0.25, 0.3) is 0 Å². The van der Waals surface area contributed by atoms with Crippen LogP contribution in [0.25, 0.3) is 0 Å². The SMILES string of the molecule is CC(C)(C)NCC(Oc1cncc(Cl)c1)c1ccccc1. The van der Waals surface area contributed by atoms with Gasteiger partial charge in [0, 0.05) is 24.3 Å². The van der Waals surface area contributed by atoms with Crippen LogP contribution in [-0.4, -0.2) is 17.1 Å². The Morgan fingerprint density at radius 3 is 2.52 bits per heavy atom. The van der Waals surface area contributed by atoms with Crippen molar-refractivity contribution in [1.82, 2.24) is 10.3 Å². The van der Waals surface area contributed by atoms with Crippen molar-refractivity contribution in [3.8, 4) is 5.75 Å². The van der Waals surface area contributed by atoms with Gasteiger partial charge in [-0.2, -0.15) is 0 Å². The highest BCUT2D eigenvalue weighted by atomic mass is 35.5. The van der Waals surface area contributed by atoms with E-state index in [0.717, 1.165) is 5.56 Å². The van der Waals surface area contributed by atoms with E-state index in [-0.39, 0.29) is 11.6 Å². The molecule has 1 N–H and O–H groups in total. The molecular weight excluding hydrogens is 284 g/mol. The zero-order chi connectivity index (χ0) is 15.3. The lowest BCUT2D eigenvalue weighted by Gasteiger charge is -2.26. The molecule has 1 aromatic heterocycles. The van der Waals surface area contributed by atoms with E-state index in [9.17, 15) is 0 Å². The topological polar surface area (TPSA) is 34.1 Å². The summed E-state index contributed by atoms with van der Waals surface area (Å²) in [4.78, 5) is 4.06. The maximum atomic E-state index is 6.07. The van der Waals surface area contributed by atoms with Gasteiger partial charge < -0.3 is 10.1 Å². The standard InChI is InChI=1S/C17H21ClN2O/c1-17(2,3)20-12-16(13-7-5-4-6-8-13)21-15-9-14(18)10-19-11-15/h4-11,16,20H,12H2,1-3H3. The van der Waals surface area contributed by atoms with Crippen LogP contribution in [-0.2, 0) is 0 Å². The Balaban J connectivity index is 2.16. The first-order chi connectivity index (χ1) is 9.94. The molecule has 21 heavy (non-hydrogen) atoms. The lowest BCUT2D eigenvalue weighted by atomic mass is 10.1. The van der Waals surface area contributed by atoms with Crippen LogP contribution >= 0.6 is 11.6 Å². The lowest BCUT2D eigenvalue weighted by Crippen LogP contribution is -2.39. The maximum absolute atomic E-state index is 6.07. The Labute approximate surface area is 131 Å². The minimum absolute atomic E-state index is 0.0307. The van der Waals surface area contributed by atoms with Crippen LogP contribution in [0.1, 0.15) is 32.4 Å². The van der Waals surface area contributed by atoms with Crippen molar-refractivity contribution in [1.29, 1.82) is 0 Å². The Hall–Kier alpha value is -1.58. The first-order valence-electron chi connectivity index (χ1n) is 7.01. The van der Waals surface area contributed by atoms with Gasteiger partial charge in [-0.25, -0.2) is 0 Å². The lowest BCUT2D eigenvalue weighted by molar-refractivity contribution is 0.188. The summed E-state index contributed by atoms with van der Waals surface area (Å²) in [5.74, 6) is 0.673. The summed E-state index contributed by atoms with van der Waals surface area (Å²) in [6, 6.07) is 11.9. The number of nitrogens with zero attached hydrogens (tertiary/aromatic N) is 1. The molecule has 0 aliphatic heterocycles. The Morgan fingerprint density at radius 1 is 1.19 bits per heavy atom. The first-order valence-corrected chi connectivity index (χ1v) is 7.39. The van der Waals surface area contributed by atoms with Crippen molar-refractivity contribution >= 4 is 11.6 Å². The van der Waals surface area contributed by atoms with Crippen molar-refractivity contribution in [3.63, 3.8) is 0 Å². The van der Waals surface area contributed by atoms with E-state index in [1.54, 1.807) is 18.5 Å². The van der Waals surface area contributed by atoms with Crippen molar-refractivity contribution in [2.45, 2.75) is 32.4 Å². The monoisotopic (exact) mass is 304 g/mol. The van der Waals surface area contributed by atoms with Crippen LogP contribution in [0, 0.1) is 0 Å². The molecule has 1 atom stereocenters. The molecule has 0 fully saturated rings. The van der Waals surface area contributed by atoms with Gasteiger partial charge in [-0.3, -0.25) is 4.98 Å². The molecule has 0 saturated carbocycles. The van der Waals surface area contributed by atoms with Gasteiger partial charge >= 0.3 is 0 Å². The van der Waals surface area contributed by atoms with Gasteiger partial charge in [0.1, 0.15) is 11.9 Å². The number of hydrogen-bond donors (Lipinski definition) is 1. The van der Waals surface area contributed by atoms with Crippen LogP contribution < -0.4 is 10.1 Å². The number of halogens is 1. The Bertz CT molecular complexity index is 567. The molecular formula is C17H21ClN2O. The summed E-state index contributed by atoms with van der Waals surface area (Å²) in [6.07, 6.45) is 3.18. The van der Waals surface area contributed by atoms with Gasteiger partial charge in [-0.1, -0.05) is 41.9 Å². The molecule has 1 aromatic carbocycles. The summed E-state index contributed by atoms with van der Waals surface area (Å²) in [5, 5.41) is 4.05. The minimum Gasteiger partial charge on any atom is -0.483 e. The predicted octanol–water partition coefficient (Wildman–Crippen LogP) is 4.24. The highest BCUT2D eigenvalue weighted by Gasteiger charge is 2.17. The van der Waals surface area contributed by atoms with Gasteiger partial charge in [-0.15, -0.1) is 0 Å². The van der Waals surface area contributed by atoms with Gasteiger partial charge in [0.2, 0.25) is 0 Å². The van der Waals surface area contributed by atoms with E-state index in [1.807, 2.05) is 18.2 Å². The van der Waals surface area contributed by atoms with E-state index in [0.29, 0.717) is 17.3 Å². The number of hydrogen-bond acceptors (Lipinski definition) is 3. The average molecular weight is 305 g/mol. The second kappa shape index (κ2) is 6.92. The van der Waals surface area contributed by atoms with E-state index in [1.165, 1.54) is 0 Å². The smallest absolute Gasteiger partial charge is 0.140 e. The largest absolute Gasteiger partial charge is 0.483 e. The third-order valence-corrected chi connectivity index (χ3v) is 3.15. The fraction of sp³-hybridized carbons (Fsp3) is 0.353. The molecule has 0 aliphatic rings. The molecule has 112 valence electrons. The summed E-state index contributed by atoms with van der Waals surface area (Å²) in [7, 11) is 0. The fourth-order valence-corrected chi connectivity index (χ4v) is 2.08. The fourth-order valence-electron chi connectivity index (χ4n) is 1.92. The third kappa shape index (κ3) is 5.37. The number of rotatable bonds is 5. The van der Waals surface area contributed by atoms with Crippen molar-refractivity contribution in [2.75, 3.05) is 6.54 Å². The van der Waals surface area contributed by atoms with E-state index < -0.39 is 0 Å². The van der Waals surface area contributed by atoms with Gasteiger partial charge in [0.15, 0.2) is 0 Å². The molecule has 0 spiro atoms. The van der Waals surface area contributed by atoms with E-state index in [4.69, 9.17) is 16.3 Å². The zero-order valence-corrected chi connectivity index (χ0v) is 13.4. The zero-order valence-electron chi connectivity index (χ0n) is 12.6. The van der Waals surface area contributed by atoms with Gasteiger partial charge in [0.05, 0.1) is 11.2 Å². The normalized spacial score (nSPS) is 13.0. The summed E-state index contributed by atoms with van der Waals surface area (Å²) < 4.78 is 6.07. The highest BCUT2D eigenvalue weighted by molar-refractivity contribution is 6.30. The molecule has 2 aromatic rings. The molecule has 1 unspecified atom stereocenters. The molecule has 0 radical (unpaired) electrons. The van der Waals surface area contributed by atoms with Crippen molar-refractivity contribution in [2.24, 2.45) is 0 Å². The van der Waals surface area contributed by atoms with E-state index >= 15 is 0 Å². The molecule has 3 nitrogen and oxygen atoms in total. The molecule has 0 saturated heterocycles. The van der Waals surface area contributed by atoms with Crippen molar-refractivity contribution < 1.29 is 4.74 Å². The number of benzene rings is 1. The van der Waals surface area contributed by atoms with Crippen LogP contribution in [0.3, 0.4) is 0 Å². The molecule has 0 amide bonds.